The fraction of sp³-hybridized carbons (Fsp3) is 0.571. The molecule has 0 spiro atoms. The SMILES string of the molecule is COc1ccc(O)c(CN2CCN(C)CC2C)c1. The predicted molar refractivity (Wildman–Crippen MR) is 72.0 cm³/mol. The summed E-state index contributed by atoms with van der Waals surface area (Å²) in [7, 11) is 3.80. The van der Waals surface area contributed by atoms with E-state index in [2.05, 4.69) is 23.8 Å². The number of phenolic OH excluding ortho intramolecular Hbond substituents is 1. The zero-order valence-electron chi connectivity index (χ0n) is 11.4. The lowest BCUT2D eigenvalue weighted by Crippen LogP contribution is -2.49. The van der Waals surface area contributed by atoms with Crippen molar-refractivity contribution in [1.82, 2.24) is 9.80 Å². The van der Waals surface area contributed by atoms with Gasteiger partial charge in [-0.1, -0.05) is 0 Å². The molecule has 1 fully saturated rings. The molecule has 1 heterocycles. The Bertz CT molecular complexity index is 409. The van der Waals surface area contributed by atoms with Gasteiger partial charge >= 0.3 is 0 Å². The number of nitrogens with zero attached hydrogens (tertiary/aromatic N) is 2. The van der Waals surface area contributed by atoms with Crippen LogP contribution in [0.4, 0.5) is 0 Å². The molecule has 1 unspecified atom stereocenters. The third-order valence-electron chi connectivity index (χ3n) is 3.63. The Morgan fingerprint density at radius 3 is 2.83 bits per heavy atom. The Morgan fingerprint density at radius 1 is 1.39 bits per heavy atom. The molecule has 4 heteroatoms. The maximum Gasteiger partial charge on any atom is 0.120 e. The second-order valence-corrected chi connectivity index (χ2v) is 5.08. The van der Waals surface area contributed by atoms with Gasteiger partial charge in [-0.25, -0.2) is 0 Å². The molecule has 1 aliphatic heterocycles. The van der Waals surface area contributed by atoms with Gasteiger partial charge in [0.1, 0.15) is 11.5 Å². The molecule has 1 aliphatic rings. The van der Waals surface area contributed by atoms with E-state index in [1.54, 1.807) is 19.2 Å². The fourth-order valence-corrected chi connectivity index (χ4v) is 2.45. The first kappa shape index (κ1) is 13.2. The number of ether oxygens (including phenoxy) is 1. The molecule has 1 atom stereocenters. The maximum absolute atomic E-state index is 9.91. The van der Waals surface area contributed by atoms with Crippen LogP contribution in [0.3, 0.4) is 0 Å². The van der Waals surface area contributed by atoms with Gasteiger partial charge in [-0.2, -0.15) is 0 Å². The average Bonchev–Trinajstić information content (AvgIpc) is 2.35. The molecule has 4 nitrogen and oxygen atoms in total. The van der Waals surface area contributed by atoms with Crippen molar-refractivity contribution in [3.05, 3.63) is 23.8 Å². The van der Waals surface area contributed by atoms with Crippen LogP contribution in [0.2, 0.25) is 0 Å². The molecular weight excluding hydrogens is 228 g/mol. The zero-order chi connectivity index (χ0) is 13.1. The molecule has 0 radical (unpaired) electrons. The lowest BCUT2D eigenvalue weighted by atomic mass is 10.1. The van der Waals surface area contributed by atoms with Gasteiger partial charge < -0.3 is 14.7 Å². The van der Waals surface area contributed by atoms with Crippen molar-refractivity contribution in [3.63, 3.8) is 0 Å². The standard InChI is InChI=1S/C14H22N2O2/c1-11-9-15(2)6-7-16(11)10-12-8-13(18-3)4-5-14(12)17/h4-5,8,11,17H,6-7,9-10H2,1-3H3. The monoisotopic (exact) mass is 250 g/mol. The van der Waals surface area contributed by atoms with Crippen LogP contribution in [0.5, 0.6) is 11.5 Å². The molecule has 0 aromatic heterocycles. The van der Waals surface area contributed by atoms with E-state index < -0.39 is 0 Å². The molecule has 0 saturated carbocycles. The minimum absolute atomic E-state index is 0.349. The number of benzene rings is 1. The summed E-state index contributed by atoms with van der Waals surface area (Å²) in [5.74, 6) is 1.14. The van der Waals surface area contributed by atoms with E-state index in [9.17, 15) is 5.11 Å². The van der Waals surface area contributed by atoms with Gasteiger partial charge in [0.2, 0.25) is 0 Å². The molecule has 0 bridgehead atoms. The molecule has 100 valence electrons. The third-order valence-corrected chi connectivity index (χ3v) is 3.63. The van der Waals surface area contributed by atoms with Crippen molar-refractivity contribution in [2.24, 2.45) is 0 Å². The Balaban J connectivity index is 2.08. The molecule has 1 saturated heterocycles. The Labute approximate surface area is 109 Å². The molecule has 18 heavy (non-hydrogen) atoms. The Hall–Kier alpha value is -1.26. The van der Waals surface area contributed by atoms with E-state index in [0.29, 0.717) is 11.8 Å². The fourth-order valence-electron chi connectivity index (χ4n) is 2.45. The molecule has 1 aromatic carbocycles. The number of hydrogen-bond acceptors (Lipinski definition) is 4. The van der Waals surface area contributed by atoms with Gasteiger partial charge in [0, 0.05) is 37.8 Å². The Morgan fingerprint density at radius 2 is 2.17 bits per heavy atom. The smallest absolute Gasteiger partial charge is 0.120 e. The Kier molecular flexibility index (Phi) is 4.09. The van der Waals surface area contributed by atoms with Crippen LogP contribution in [0.1, 0.15) is 12.5 Å². The normalized spacial score (nSPS) is 22.1. The second-order valence-electron chi connectivity index (χ2n) is 5.08. The summed E-state index contributed by atoms with van der Waals surface area (Å²) in [5.41, 5.74) is 0.936. The predicted octanol–water partition coefficient (Wildman–Crippen LogP) is 1.54. The van der Waals surface area contributed by atoms with Crippen LogP contribution in [-0.2, 0) is 6.54 Å². The van der Waals surface area contributed by atoms with Gasteiger partial charge in [-0.15, -0.1) is 0 Å². The number of aromatic hydroxyl groups is 1. The number of phenols is 1. The van der Waals surface area contributed by atoms with Crippen molar-refractivity contribution >= 4 is 0 Å². The van der Waals surface area contributed by atoms with Crippen LogP contribution in [-0.4, -0.2) is 54.7 Å². The number of rotatable bonds is 3. The van der Waals surface area contributed by atoms with Crippen LogP contribution in [0.25, 0.3) is 0 Å². The third kappa shape index (κ3) is 2.94. The minimum Gasteiger partial charge on any atom is -0.508 e. The summed E-state index contributed by atoms with van der Waals surface area (Å²) in [6.45, 7) is 6.19. The molecule has 1 N–H and O–H groups in total. The van der Waals surface area contributed by atoms with E-state index in [-0.39, 0.29) is 0 Å². The maximum atomic E-state index is 9.91. The van der Waals surface area contributed by atoms with Gasteiger partial charge in [0.05, 0.1) is 7.11 Å². The van der Waals surface area contributed by atoms with Crippen molar-refractivity contribution < 1.29 is 9.84 Å². The quantitative estimate of drug-likeness (QED) is 0.882. The molecule has 1 aromatic rings. The second kappa shape index (κ2) is 5.59. The summed E-state index contributed by atoms with van der Waals surface area (Å²) in [4.78, 5) is 4.74. The van der Waals surface area contributed by atoms with Gasteiger partial charge in [-0.05, 0) is 32.2 Å². The summed E-state index contributed by atoms with van der Waals surface area (Å²) < 4.78 is 5.21. The summed E-state index contributed by atoms with van der Waals surface area (Å²) in [5, 5.41) is 9.91. The van der Waals surface area contributed by atoms with Crippen LogP contribution >= 0.6 is 0 Å². The highest BCUT2D eigenvalue weighted by atomic mass is 16.5. The number of likely N-dealkylation sites (N-methyl/N-ethyl adjacent to an activating group) is 1. The van der Waals surface area contributed by atoms with Gasteiger partial charge in [-0.3, -0.25) is 4.90 Å². The lowest BCUT2D eigenvalue weighted by Gasteiger charge is -2.38. The zero-order valence-corrected chi connectivity index (χ0v) is 11.4. The van der Waals surface area contributed by atoms with E-state index >= 15 is 0 Å². The lowest BCUT2D eigenvalue weighted by molar-refractivity contribution is 0.0930. The van der Waals surface area contributed by atoms with Crippen molar-refractivity contribution in [2.75, 3.05) is 33.8 Å². The van der Waals surface area contributed by atoms with Crippen molar-refractivity contribution in [2.45, 2.75) is 19.5 Å². The first-order chi connectivity index (χ1) is 8.60. The van der Waals surface area contributed by atoms with Gasteiger partial charge in [0.15, 0.2) is 0 Å². The highest BCUT2D eigenvalue weighted by Crippen LogP contribution is 2.25. The van der Waals surface area contributed by atoms with E-state index in [4.69, 9.17) is 4.74 Å². The largest absolute Gasteiger partial charge is 0.508 e. The highest BCUT2D eigenvalue weighted by Gasteiger charge is 2.22. The topological polar surface area (TPSA) is 35.9 Å². The summed E-state index contributed by atoms with van der Waals surface area (Å²) >= 11 is 0. The van der Waals surface area contributed by atoms with Crippen LogP contribution in [0.15, 0.2) is 18.2 Å². The number of piperazine rings is 1. The summed E-state index contributed by atoms with van der Waals surface area (Å²) in [6.07, 6.45) is 0. The molecule has 0 amide bonds. The number of hydrogen-bond donors (Lipinski definition) is 1. The average molecular weight is 250 g/mol. The molecule has 2 rings (SSSR count). The first-order valence-corrected chi connectivity index (χ1v) is 6.38. The van der Waals surface area contributed by atoms with E-state index in [1.807, 2.05) is 6.07 Å². The molecular formula is C14H22N2O2. The molecule has 0 aliphatic carbocycles. The van der Waals surface area contributed by atoms with E-state index in [0.717, 1.165) is 37.5 Å². The van der Waals surface area contributed by atoms with Crippen LogP contribution < -0.4 is 4.74 Å². The van der Waals surface area contributed by atoms with Crippen molar-refractivity contribution in [1.29, 1.82) is 0 Å². The first-order valence-electron chi connectivity index (χ1n) is 6.38. The van der Waals surface area contributed by atoms with Gasteiger partial charge in [0.25, 0.3) is 0 Å². The minimum atomic E-state index is 0.349. The van der Waals surface area contributed by atoms with E-state index in [1.165, 1.54) is 0 Å². The highest BCUT2D eigenvalue weighted by molar-refractivity contribution is 5.39. The summed E-state index contributed by atoms with van der Waals surface area (Å²) in [6, 6.07) is 5.91. The number of methoxy groups -OCH3 is 1. The van der Waals surface area contributed by atoms with Crippen LogP contribution in [0, 0.1) is 0 Å². The van der Waals surface area contributed by atoms with Crippen molar-refractivity contribution in [3.8, 4) is 11.5 Å².